The molecule has 0 spiro atoms. The third-order valence-corrected chi connectivity index (χ3v) is 2.25. The molecule has 0 aliphatic heterocycles. The van der Waals surface area contributed by atoms with Crippen LogP contribution in [0.2, 0.25) is 0 Å². The van der Waals surface area contributed by atoms with Crippen molar-refractivity contribution >= 4 is 23.1 Å². The Morgan fingerprint density at radius 3 is 2.71 bits per heavy atom. The Hall–Kier alpha value is -2.57. The van der Waals surface area contributed by atoms with Crippen LogP contribution >= 0.6 is 0 Å². The second-order valence-electron chi connectivity index (χ2n) is 3.47. The van der Waals surface area contributed by atoms with Gasteiger partial charge in [0, 0.05) is 11.9 Å². The normalized spacial score (nSPS) is 10.6. The highest BCUT2D eigenvalue weighted by molar-refractivity contribution is 5.94. The van der Waals surface area contributed by atoms with Crippen LogP contribution < -0.4 is 5.73 Å². The molecule has 2 aromatic rings. The molecule has 0 amide bonds. The predicted octanol–water partition coefficient (Wildman–Crippen LogP) is 0.242. The van der Waals surface area contributed by atoms with Gasteiger partial charge in [-0.1, -0.05) is 0 Å². The van der Waals surface area contributed by atoms with Gasteiger partial charge in [0.25, 0.3) is 0 Å². The number of rotatable bonds is 3. The lowest BCUT2D eigenvalue weighted by atomic mass is 10.3. The van der Waals surface area contributed by atoms with Gasteiger partial charge in [-0.05, 0) is 12.1 Å². The number of pyridine rings is 1. The Morgan fingerprint density at radius 1 is 1.41 bits per heavy atom. The van der Waals surface area contributed by atoms with Crippen molar-refractivity contribution in [2.45, 2.75) is 6.42 Å². The molecule has 17 heavy (non-hydrogen) atoms. The van der Waals surface area contributed by atoms with E-state index in [1.54, 1.807) is 6.07 Å². The van der Waals surface area contributed by atoms with Crippen LogP contribution in [0, 0.1) is 0 Å². The van der Waals surface area contributed by atoms with E-state index < -0.39 is 11.9 Å². The van der Waals surface area contributed by atoms with Gasteiger partial charge >= 0.3 is 11.9 Å². The number of carbonyl (C=O) groups is 2. The van der Waals surface area contributed by atoms with E-state index in [4.69, 9.17) is 15.9 Å². The Bertz CT molecular complexity index is 617. The maximum absolute atomic E-state index is 11.0. The van der Waals surface area contributed by atoms with Crippen LogP contribution in [0.5, 0.6) is 0 Å². The van der Waals surface area contributed by atoms with Crippen molar-refractivity contribution in [3.63, 3.8) is 0 Å². The largest absolute Gasteiger partial charge is 0.481 e. The Kier molecular flexibility index (Phi) is 2.43. The number of hydrogen-bond donors (Lipinski definition) is 3. The van der Waals surface area contributed by atoms with Crippen LogP contribution in [0.25, 0.3) is 5.52 Å². The third kappa shape index (κ3) is 1.89. The van der Waals surface area contributed by atoms with Crippen molar-refractivity contribution in [2.24, 2.45) is 0 Å². The number of aromatic carboxylic acids is 1. The Morgan fingerprint density at radius 2 is 2.12 bits per heavy atom. The van der Waals surface area contributed by atoms with E-state index in [1.807, 2.05) is 0 Å². The molecule has 0 aliphatic carbocycles. The summed E-state index contributed by atoms with van der Waals surface area (Å²) < 4.78 is 1.41. The lowest BCUT2D eigenvalue weighted by Gasteiger charge is -1.99. The number of carboxylic acid groups (broad SMARTS) is 2. The van der Waals surface area contributed by atoms with Crippen LogP contribution in [-0.4, -0.2) is 31.5 Å². The molecule has 0 unspecified atom stereocenters. The van der Waals surface area contributed by atoms with Gasteiger partial charge in [0.2, 0.25) is 0 Å². The molecule has 0 radical (unpaired) electrons. The molecular formula is C10H9N3O4. The maximum atomic E-state index is 11.0. The lowest BCUT2D eigenvalue weighted by Crippen LogP contribution is -2.04. The van der Waals surface area contributed by atoms with E-state index in [1.165, 1.54) is 16.7 Å². The van der Waals surface area contributed by atoms with Crippen LogP contribution in [0.4, 0.5) is 5.69 Å². The monoisotopic (exact) mass is 235 g/mol. The van der Waals surface area contributed by atoms with Crippen LogP contribution in [0.3, 0.4) is 0 Å². The fourth-order valence-corrected chi connectivity index (χ4v) is 1.58. The highest BCUT2D eigenvalue weighted by Gasteiger charge is 2.18. The number of fused-ring (bicyclic) bond motifs is 1. The minimum atomic E-state index is -1.22. The van der Waals surface area contributed by atoms with Crippen molar-refractivity contribution in [1.82, 2.24) is 9.38 Å². The number of nitrogens with two attached hydrogens (primary N) is 1. The van der Waals surface area contributed by atoms with Gasteiger partial charge in [-0.15, -0.1) is 0 Å². The van der Waals surface area contributed by atoms with Gasteiger partial charge < -0.3 is 20.3 Å². The van der Waals surface area contributed by atoms with Gasteiger partial charge in [0.05, 0.1) is 5.52 Å². The zero-order valence-electron chi connectivity index (χ0n) is 8.62. The standard InChI is InChI=1S/C10H9N3O4/c11-5-1-2-13-6(3-5)9(10(16)17)12-7(13)4-8(14)15/h1-3H,4,11H2,(H,14,15)(H,16,17). The number of anilines is 1. The Labute approximate surface area is 95.1 Å². The minimum Gasteiger partial charge on any atom is -0.481 e. The topological polar surface area (TPSA) is 118 Å². The summed E-state index contributed by atoms with van der Waals surface area (Å²) >= 11 is 0. The first kappa shape index (κ1) is 10.9. The number of imidazole rings is 1. The molecule has 2 heterocycles. The zero-order chi connectivity index (χ0) is 12.6. The van der Waals surface area contributed by atoms with E-state index in [-0.39, 0.29) is 23.5 Å². The molecule has 0 aliphatic rings. The summed E-state index contributed by atoms with van der Waals surface area (Å²) in [5, 5.41) is 17.7. The van der Waals surface area contributed by atoms with Crippen molar-refractivity contribution in [3.8, 4) is 0 Å². The highest BCUT2D eigenvalue weighted by atomic mass is 16.4. The number of nitrogens with zero attached hydrogens (tertiary/aromatic N) is 2. The molecule has 0 bridgehead atoms. The third-order valence-electron chi connectivity index (χ3n) is 2.25. The molecule has 0 fully saturated rings. The zero-order valence-corrected chi connectivity index (χ0v) is 8.62. The smallest absolute Gasteiger partial charge is 0.356 e. The summed E-state index contributed by atoms with van der Waals surface area (Å²) in [5.41, 5.74) is 6.03. The first-order valence-corrected chi connectivity index (χ1v) is 4.70. The van der Waals surface area contributed by atoms with Crippen molar-refractivity contribution < 1.29 is 19.8 Å². The number of hydrogen-bond acceptors (Lipinski definition) is 4. The molecule has 4 N–H and O–H groups in total. The summed E-state index contributed by atoms with van der Waals surface area (Å²) in [6, 6.07) is 2.99. The van der Waals surface area contributed by atoms with Gasteiger partial charge in [-0.2, -0.15) is 0 Å². The Balaban J connectivity index is 2.70. The molecule has 0 saturated carbocycles. The highest BCUT2D eigenvalue weighted by Crippen LogP contribution is 2.16. The van der Waals surface area contributed by atoms with E-state index in [0.717, 1.165) is 0 Å². The van der Waals surface area contributed by atoms with Crippen molar-refractivity contribution in [2.75, 3.05) is 5.73 Å². The van der Waals surface area contributed by atoms with Gasteiger partial charge in [-0.3, -0.25) is 4.79 Å². The SMILES string of the molecule is Nc1ccn2c(CC(=O)O)nc(C(=O)O)c2c1. The number of carboxylic acids is 2. The molecule has 7 nitrogen and oxygen atoms in total. The average molecular weight is 235 g/mol. The summed E-state index contributed by atoms with van der Waals surface area (Å²) in [4.78, 5) is 25.4. The first-order valence-electron chi connectivity index (χ1n) is 4.70. The summed E-state index contributed by atoms with van der Waals surface area (Å²) in [6.45, 7) is 0. The molecule has 2 rings (SSSR count). The average Bonchev–Trinajstić information content (AvgIpc) is 2.55. The first-order chi connectivity index (χ1) is 7.99. The molecule has 88 valence electrons. The second kappa shape index (κ2) is 3.78. The minimum absolute atomic E-state index is 0.157. The maximum Gasteiger partial charge on any atom is 0.356 e. The summed E-state index contributed by atoms with van der Waals surface area (Å²) in [6.07, 6.45) is 1.15. The fraction of sp³-hybridized carbons (Fsp3) is 0.100. The number of nitrogen functional groups attached to an aromatic ring is 1. The summed E-state index contributed by atoms with van der Waals surface area (Å²) in [5.74, 6) is -2.14. The van der Waals surface area contributed by atoms with Crippen LogP contribution in [0.15, 0.2) is 18.3 Å². The van der Waals surface area contributed by atoms with Gasteiger partial charge in [0.15, 0.2) is 5.69 Å². The fourth-order valence-electron chi connectivity index (χ4n) is 1.58. The lowest BCUT2D eigenvalue weighted by molar-refractivity contribution is -0.136. The second-order valence-corrected chi connectivity index (χ2v) is 3.47. The summed E-state index contributed by atoms with van der Waals surface area (Å²) in [7, 11) is 0. The molecular weight excluding hydrogens is 226 g/mol. The number of aliphatic carboxylic acids is 1. The molecule has 0 atom stereocenters. The van der Waals surface area contributed by atoms with E-state index in [9.17, 15) is 9.59 Å². The molecule has 0 aromatic carbocycles. The predicted molar refractivity (Wildman–Crippen MR) is 57.9 cm³/mol. The van der Waals surface area contributed by atoms with Crippen molar-refractivity contribution in [1.29, 1.82) is 0 Å². The molecule has 7 heteroatoms. The molecule has 0 saturated heterocycles. The van der Waals surface area contributed by atoms with E-state index >= 15 is 0 Å². The van der Waals surface area contributed by atoms with Crippen LogP contribution in [0.1, 0.15) is 16.3 Å². The van der Waals surface area contributed by atoms with Gasteiger partial charge in [-0.25, -0.2) is 9.78 Å². The van der Waals surface area contributed by atoms with Gasteiger partial charge in [0.1, 0.15) is 12.2 Å². The van der Waals surface area contributed by atoms with Crippen LogP contribution in [-0.2, 0) is 11.2 Å². The van der Waals surface area contributed by atoms with E-state index in [2.05, 4.69) is 4.98 Å². The molecule has 2 aromatic heterocycles. The number of aromatic nitrogens is 2. The quantitative estimate of drug-likeness (QED) is 0.701. The van der Waals surface area contributed by atoms with E-state index in [0.29, 0.717) is 5.69 Å². The van der Waals surface area contributed by atoms with Crippen molar-refractivity contribution in [3.05, 3.63) is 29.8 Å².